The van der Waals surface area contributed by atoms with E-state index >= 15 is 0 Å². The number of aromatic nitrogens is 4. The molecule has 150 valence electrons. The first kappa shape index (κ1) is 19.1. The minimum atomic E-state index is -0.204. The number of benzene rings is 1. The van der Waals surface area contributed by atoms with E-state index in [0.29, 0.717) is 24.6 Å². The highest BCUT2D eigenvalue weighted by molar-refractivity contribution is 5.92. The lowest BCUT2D eigenvalue weighted by molar-refractivity contribution is 0.0948. The summed E-state index contributed by atoms with van der Waals surface area (Å²) in [4.78, 5) is 21.5. The minimum absolute atomic E-state index is 0.204. The highest BCUT2D eigenvalue weighted by Gasteiger charge is 2.21. The van der Waals surface area contributed by atoms with Crippen LogP contribution in [-0.4, -0.2) is 45.7 Å². The molecule has 1 fully saturated rings. The van der Waals surface area contributed by atoms with E-state index < -0.39 is 0 Å². The third kappa shape index (κ3) is 5.19. The zero-order chi connectivity index (χ0) is 19.9. The Kier molecular flexibility index (Phi) is 6.14. The second kappa shape index (κ2) is 9.32. The van der Waals surface area contributed by atoms with Crippen molar-refractivity contribution in [2.75, 3.05) is 24.5 Å². The van der Waals surface area contributed by atoms with Crippen molar-refractivity contribution in [3.05, 3.63) is 71.9 Å². The average Bonchev–Trinajstić information content (AvgIpc) is 3.29. The van der Waals surface area contributed by atoms with Crippen LogP contribution in [0.15, 0.2) is 55.0 Å². The standard InChI is InChI=1S/C22H26N6O/c29-22(24-11-8-19-15-23-16-25-19)20-6-7-21(27-26-20)28-12-9-18(10-13-28)14-17-4-2-1-3-5-17/h1-7,15-16,18H,8-14H2,(H,23,25)(H,24,29). The Hall–Kier alpha value is -3.22. The lowest BCUT2D eigenvalue weighted by atomic mass is 9.90. The minimum Gasteiger partial charge on any atom is -0.355 e. The Labute approximate surface area is 170 Å². The molecule has 7 nitrogen and oxygen atoms in total. The number of carbonyl (C=O) groups excluding carboxylic acids is 1. The van der Waals surface area contributed by atoms with E-state index in [4.69, 9.17) is 0 Å². The van der Waals surface area contributed by atoms with Crippen LogP contribution in [0, 0.1) is 5.92 Å². The molecule has 7 heteroatoms. The lowest BCUT2D eigenvalue weighted by Crippen LogP contribution is -2.35. The van der Waals surface area contributed by atoms with Crippen molar-refractivity contribution in [2.45, 2.75) is 25.7 Å². The maximum atomic E-state index is 12.2. The van der Waals surface area contributed by atoms with Crippen molar-refractivity contribution in [2.24, 2.45) is 5.92 Å². The Balaban J connectivity index is 1.24. The predicted octanol–water partition coefficient (Wildman–Crippen LogP) is 2.63. The Morgan fingerprint density at radius 2 is 1.93 bits per heavy atom. The van der Waals surface area contributed by atoms with Crippen LogP contribution in [0.4, 0.5) is 5.82 Å². The molecule has 1 aliphatic heterocycles. The maximum absolute atomic E-state index is 12.2. The van der Waals surface area contributed by atoms with E-state index in [1.807, 2.05) is 6.07 Å². The summed E-state index contributed by atoms with van der Waals surface area (Å²) < 4.78 is 0. The summed E-state index contributed by atoms with van der Waals surface area (Å²) in [6.45, 7) is 2.48. The first-order valence-corrected chi connectivity index (χ1v) is 10.2. The third-order valence-electron chi connectivity index (χ3n) is 5.42. The van der Waals surface area contributed by atoms with Gasteiger partial charge in [0.2, 0.25) is 0 Å². The second-order valence-corrected chi connectivity index (χ2v) is 7.48. The van der Waals surface area contributed by atoms with Gasteiger partial charge in [0.1, 0.15) is 0 Å². The van der Waals surface area contributed by atoms with E-state index in [9.17, 15) is 4.79 Å². The van der Waals surface area contributed by atoms with Crippen molar-refractivity contribution < 1.29 is 4.79 Å². The van der Waals surface area contributed by atoms with Gasteiger partial charge in [0, 0.05) is 37.9 Å². The molecule has 3 heterocycles. The Morgan fingerprint density at radius 1 is 1.10 bits per heavy atom. The molecule has 0 saturated carbocycles. The third-order valence-corrected chi connectivity index (χ3v) is 5.42. The molecule has 3 aromatic rings. The van der Waals surface area contributed by atoms with Gasteiger partial charge in [-0.25, -0.2) is 4.98 Å². The molecule has 2 N–H and O–H groups in total. The number of amides is 1. The fourth-order valence-corrected chi connectivity index (χ4v) is 3.75. The van der Waals surface area contributed by atoms with Gasteiger partial charge in [-0.1, -0.05) is 30.3 Å². The Bertz CT molecular complexity index is 887. The summed E-state index contributed by atoms with van der Waals surface area (Å²) in [6.07, 6.45) is 7.52. The summed E-state index contributed by atoms with van der Waals surface area (Å²) in [5, 5.41) is 11.3. The van der Waals surface area contributed by atoms with Crippen LogP contribution >= 0.6 is 0 Å². The molecule has 0 unspecified atom stereocenters. The molecule has 1 amide bonds. The van der Waals surface area contributed by atoms with E-state index in [1.165, 1.54) is 5.56 Å². The van der Waals surface area contributed by atoms with E-state index in [1.54, 1.807) is 18.6 Å². The summed E-state index contributed by atoms with van der Waals surface area (Å²) in [5.74, 6) is 1.35. The van der Waals surface area contributed by atoms with Gasteiger partial charge >= 0.3 is 0 Å². The molecule has 0 spiro atoms. The lowest BCUT2D eigenvalue weighted by Gasteiger charge is -2.32. The molecule has 4 rings (SSSR count). The van der Waals surface area contributed by atoms with Crippen molar-refractivity contribution in [3.8, 4) is 0 Å². The number of imidazole rings is 1. The van der Waals surface area contributed by atoms with Crippen LogP contribution in [0.5, 0.6) is 0 Å². The van der Waals surface area contributed by atoms with Crippen molar-refractivity contribution >= 4 is 11.7 Å². The first-order chi connectivity index (χ1) is 14.3. The van der Waals surface area contributed by atoms with Gasteiger partial charge in [-0.05, 0) is 42.9 Å². The van der Waals surface area contributed by atoms with Crippen molar-refractivity contribution in [3.63, 3.8) is 0 Å². The normalized spacial score (nSPS) is 14.7. The molecular formula is C22H26N6O. The van der Waals surface area contributed by atoms with Crippen LogP contribution in [0.2, 0.25) is 0 Å². The highest BCUT2D eigenvalue weighted by atomic mass is 16.1. The van der Waals surface area contributed by atoms with Gasteiger partial charge in [0.25, 0.3) is 5.91 Å². The fraction of sp³-hybridized carbons (Fsp3) is 0.364. The van der Waals surface area contributed by atoms with Gasteiger partial charge in [-0.15, -0.1) is 10.2 Å². The summed E-state index contributed by atoms with van der Waals surface area (Å²) >= 11 is 0. The molecule has 1 aliphatic rings. The first-order valence-electron chi connectivity index (χ1n) is 10.2. The zero-order valence-corrected chi connectivity index (χ0v) is 16.4. The molecule has 0 atom stereocenters. The number of nitrogens with one attached hydrogen (secondary N) is 2. The number of hydrogen-bond donors (Lipinski definition) is 2. The van der Waals surface area contributed by atoms with Gasteiger partial charge in [0.05, 0.1) is 6.33 Å². The number of H-pyrrole nitrogens is 1. The van der Waals surface area contributed by atoms with Crippen LogP contribution < -0.4 is 10.2 Å². The smallest absolute Gasteiger partial charge is 0.271 e. The molecule has 0 bridgehead atoms. The Morgan fingerprint density at radius 3 is 2.62 bits per heavy atom. The van der Waals surface area contributed by atoms with Gasteiger partial charge in [-0.3, -0.25) is 4.79 Å². The maximum Gasteiger partial charge on any atom is 0.271 e. The fourth-order valence-electron chi connectivity index (χ4n) is 3.75. The number of aromatic amines is 1. The van der Waals surface area contributed by atoms with Gasteiger partial charge in [-0.2, -0.15) is 0 Å². The summed E-state index contributed by atoms with van der Waals surface area (Å²) in [6, 6.07) is 14.3. The van der Waals surface area contributed by atoms with Crippen molar-refractivity contribution in [1.29, 1.82) is 0 Å². The molecular weight excluding hydrogens is 364 g/mol. The largest absolute Gasteiger partial charge is 0.355 e. The van der Waals surface area contributed by atoms with Crippen LogP contribution in [0.3, 0.4) is 0 Å². The van der Waals surface area contributed by atoms with Gasteiger partial charge in [0.15, 0.2) is 11.5 Å². The quantitative estimate of drug-likeness (QED) is 0.648. The number of hydrogen-bond acceptors (Lipinski definition) is 5. The highest BCUT2D eigenvalue weighted by Crippen LogP contribution is 2.24. The van der Waals surface area contributed by atoms with Crippen LogP contribution in [0.25, 0.3) is 0 Å². The molecule has 2 aromatic heterocycles. The second-order valence-electron chi connectivity index (χ2n) is 7.48. The van der Waals surface area contributed by atoms with Gasteiger partial charge < -0.3 is 15.2 Å². The number of rotatable bonds is 7. The molecule has 0 radical (unpaired) electrons. The van der Waals surface area contributed by atoms with Crippen LogP contribution in [-0.2, 0) is 12.8 Å². The van der Waals surface area contributed by atoms with E-state index in [-0.39, 0.29) is 5.91 Å². The number of carbonyl (C=O) groups is 1. The topological polar surface area (TPSA) is 86.8 Å². The average molecular weight is 390 g/mol. The molecule has 1 aromatic carbocycles. The van der Waals surface area contributed by atoms with E-state index in [0.717, 1.165) is 43.9 Å². The monoisotopic (exact) mass is 390 g/mol. The van der Waals surface area contributed by atoms with E-state index in [2.05, 4.69) is 60.7 Å². The summed E-state index contributed by atoms with van der Waals surface area (Å²) in [7, 11) is 0. The van der Waals surface area contributed by atoms with Crippen LogP contribution in [0.1, 0.15) is 34.6 Å². The molecule has 0 aliphatic carbocycles. The number of nitrogens with zero attached hydrogens (tertiary/aromatic N) is 4. The molecule has 29 heavy (non-hydrogen) atoms. The molecule has 1 saturated heterocycles. The number of anilines is 1. The SMILES string of the molecule is O=C(NCCc1cnc[nH]1)c1ccc(N2CCC(Cc3ccccc3)CC2)nn1. The van der Waals surface area contributed by atoms with Crippen molar-refractivity contribution in [1.82, 2.24) is 25.5 Å². The summed E-state index contributed by atoms with van der Waals surface area (Å²) in [5.41, 5.74) is 2.74. The zero-order valence-electron chi connectivity index (χ0n) is 16.4. The predicted molar refractivity (Wildman–Crippen MR) is 112 cm³/mol. The number of piperidine rings is 1.